The molecule has 3 aromatic rings. The van der Waals surface area contributed by atoms with Gasteiger partial charge in [-0.25, -0.2) is 4.79 Å². The molecule has 1 saturated heterocycles. The smallest absolute Gasteiger partial charge is 0.329 e. The van der Waals surface area contributed by atoms with Gasteiger partial charge >= 0.3 is 5.97 Å². The first kappa shape index (κ1) is 31.8. The molecule has 43 heavy (non-hydrogen) atoms. The van der Waals surface area contributed by atoms with E-state index in [1.165, 1.54) is 0 Å². The molecule has 8 heteroatoms. The molecule has 4 rings (SSSR count). The molecular weight excluding hydrogens is 544 g/mol. The van der Waals surface area contributed by atoms with Gasteiger partial charge in [-0.05, 0) is 35.2 Å². The fourth-order valence-corrected chi connectivity index (χ4v) is 4.94. The summed E-state index contributed by atoms with van der Waals surface area (Å²) in [7, 11) is 0. The third-order valence-corrected chi connectivity index (χ3v) is 7.60. The third kappa shape index (κ3) is 9.68. The summed E-state index contributed by atoms with van der Waals surface area (Å²) in [5.74, 6) is -0.582. The van der Waals surface area contributed by atoms with Crippen LogP contribution in [0.5, 0.6) is 5.75 Å². The van der Waals surface area contributed by atoms with Gasteiger partial charge in [0.25, 0.3) is 0 Å². The Bertz CT molecular complexity index is 1320. The van der Waals surface area contributed by atoms with E-state index in [-0.39, 0.29) is 36.2 Å². The molecule has 3 aromatic carbocycles. The van der Waals surface area contributed by atoms with Crippen LogP contribution in [0.2, 0.25) is 0 Å². The Morgan fingerprint density at radius 1 is 0.791 bits per heavy atom. The Morgan fingerprint density at radius 3 is 1.95 bits per heavy atom. The molecule has 1 aliphatic heterocycles. The van der Waals surface area contributed by atoms with Gasteiger partial charge in [-0.15, -0.1) is 0 Å². The molecule has 0 aromatic heterocycles. The average Bonchev–Trinajstić information content (AvgIpc) is 3.01. The number of amides is 2. The monoisotopic (exact) mass is 586 g/mol. The Hall–Kier alpha value is -4.17. The molecule has 1 heterocycles. The highest BCUT2D eigenvalue weighted by Crippen LogP contribution is 2.34. The van der Waals surface area contributed by atoms with E-state index in [0.29, 0.717) is 38.5 Å². The molecular formula is C35H42N2O6. The quantitative estimate of drug-likeness (QED) is 0.247. The van der Waals surface area contributed by atoms with Crippen molar-refractivity contribution in [1.82, 2.24) is 10.6 Å². The molecule has 0 spiro atoms. The first-order valence-corrected chi connectivity index (χ1v) is 14.8. The number of esters is 1. The van der Waals surface area contributed by atoms with Crippen LogP contribution in [0.25, 0.3) is 0 Å². The molecule has 8 nitrogen and oxygen atoms in total. The lowest BCUT2D eigenvalue weighted by molar-refractivity contribution is -0.151. The summed E-state index contributed by atoms with van der Waals surface area (Å²) in [5, 5.41) is 5.92. The third-order valence-electron chi connectivity index (χ3n) is 7.60. The van der Waals surface area contributed by atoms with Crippen molar-refractivity contribution in [2.75, 3.05) is 19.8 Å². The second kappa shape index (κ2) is 15.3. The standard InChI is InChI=1S/C35H42N2O6/c1-25(2)32(38)36-22-35(23-41-24-35)19-26(3)33(39)37-31(34(40)43-21-29-12-8-5-9-13-29)18-27-14-16-30(17-15-27)42-20-28-10-6-4-7-11-28/h4-17,25-26,31H,18-24H2,1-3H3,(H,36,38)(H,37,39)/t26-,31+/m1/s1. The minimum atomic E-state index is -0.871. The average molecular weight is 587 g/mol. The molecule has 0 radical (unpaired) electrons. The summed E-state index contributed by atoms with van der Waals surface area (Å²) < 4.78 is 17.0. The van der Waals surface area contributed by atoms with E-state index in [0.717, 1.165) is 16.7 Å². The summed E-state index contributed by atoms with van der Waals surface area (Å²) in [6.07, 6.45) is 0.792. The molecule has 1 fully saturated rings. The van der Waals surface area contributed by atoms with Gasteiger partial charge in [0.15, 0.2) is 0 Å². The van der Waals surface area contributed by atoms with Gasteiger partial charge in [0.05, 0.1) is 13.2 Å². The number of hydrogen-bond donors (Lipinski definition) is 2. The van der Waals surface area contributed by atoms with Crippen LogP contribution < -0.4 is 15.4 Å². The Kier molecular flexibility index (Phi) is 11.3. The van der Waals surface area contributed by atoms with E-state index in [1.807, 2.05) is 106 Å². The van der Waals surface area contributed by atoms with Crippen LogP contribution in [0.4, 0.5) is 0 Å². The molecule has 228 valence electrons. The molecule has 2 atom stereocenters. The normalized spacial score (nSPS) is 15.1. The van der Waals surface area contributed by atoms with E-state index in [1.54, 1.807) is 0 Å². The van der Waals surface area contributed by atoms with Crippen LogP contribution in [-0.2, 0) is 43.5 Å². The van der Waals surface area contributed by atoms with E-state index in [9.17, 15) is 14.4 Å². The number of carbonyl (C=O) groups is 3. The van der Waals surface area contributed by atoms with Gasteiger partial charge in [0, 0.05) is 30.2 Å². The topological polar surface area (TPSA) is 103 Å². The first-order valence-electron chi connectivity index (χ1n) is 14.8. The Morgan fingerprint density at radius 2 is 1.40 bits per heavy atom. The van der Waals surface area contributed by atoms with Gasteiger partial charge in [0.1, 0.15) is 25.0 Å². The number of benzene rings is 3. The first-order chi connectivity index (χ1) is 20.7. The van der Waals surface area contributed by atoms with Crippen molar-refractivity contribution in [1.29, 1.82) is 0 Å². The molecule has 2 amide bonds. The minimum absolute atomic E-state index is 0.0268. The number of ether oxygens (including phenoxy) is 3. The van der Waals surface area contributed by atoms with Gasteiger partial charge in [-0.1, -0.05) is 93.6 Å². The summed E-state index contributed by atoms with van der Waals surface area (Å²) in [4.78, 5) is 38.8. The zero-order valence-electron chi connectivity index (χ0n) is 25.2. The maximum atomic E-state index is 13.4. The summed E-state index contributed by atoms with van der Waals surface area (Å²) in [5.41, 5.74) is 2.49. The zero-order chi connectivity index (χ0) is 30.7. The lowest BCUT2D eigenvalue weighted by Crippen LogP contribution is -2.54. The molecule has 0 saturated carbocycles. The lowest BCUT2D eigenvalue weighted by atomic mass is 9.77. The van der Waals surface area contributed by atoms with Crippen LogP contribution in [-0.4, -0.2) is 43.6 Å². The van der Waals surface area contributed by atoms with Crippen molar-refractivity contribution in [3.8, 4) is 5.75 Å². The molecule has 1 aliphatic rings. The van der Waals surface area contributed by atoms with E-state index in [4.69, 9.17) is 14.2 Å². The predicted octanol–water partition coefficient (Wildman–Crippen LogP) is 4.85. The zero-order valence-corrected chi connectivity index (χ0v) is 25.2. The number of carbonyl (C=O) groups excluding carboxylic acids is 3. The van der Waals surface area contributed by atoms with Crippen molar-refractivity contribution in [3.05, 3.63) is 102 Å². The van der Waals surface area contributed by atoms with Crippen molar-refractivity contribution in [2.45, 2.75) is 52.9 Å². The SMILES string of the molecule is CC(C)C(=O)NCC1(C[C@@H](C)C(=O)N[C@@H](Cc2ccc(OCc3ccccc3)cc2)C(=O)OCc2ccccc2)COC1. The maximum absolute atomic E-state index is 13.4. The molecule has 0 unspecified atom stereocenters. The number of hydrogen-bond acceptors (Lipinski definition) is 6. The Balaban J connectivity index is 1.39. The van der Waals surface area contributed by atoms with Gasteiger partial charge in [0.2, 0.25) is 11.8 Å². The number of nitrogens with one attached hydrogen (secondary N) is 2. The van der Waals surface area contributed by atoms with E-state index < -0.39 is 17.9 Å². The van der Waals surface area contributed by atoms with Crippen LogP contribution in [0, 0.1) is 17.3 Å². The maximum Gasteiger partial charge on any atom is 0.329 e. The predicted molar refractivity (Wildman–Crippen MR) is 164 cm³/mol. The summed E-state index contributed by atoms with van der Waals surface area (Å²) in [6, 6.07) is 26.0. The lowest BCUT2D eigenvalue weighted by Gasteiger charge is -2.43. The van der Waals surface area contributed by atoms with E-state index in [2.05, 4.69) is 10.6 Å². The van der Waals surface area contributed by atoms with Gasteiger partial charge < -0.3 is 24.8 Å². The van der Waals surface area contributed by atoms with Crippen molar-refractivity contribution < 1.29 is 28.6 Å². The second-order valence-electron chi connectivity index (χ2n) is 11.7. The van der Waals surface area contributed by atoms with Crippen LogP contribution >= 0.6 is 0 Å². The van der Waals surface area contributed by atoms with Crippen LogP contribution in [0.15, 0.2) is 84.9 Å². The fourth-order valence-electron chi connectivity index (χ4n) is 4.94. The van der Waals surface area contributed by atoms with Gasteiger partial charge in [-0.3, -0.25) is 9.59 Å². The molecule has 0 aliphatic carbocycles. The van der Waals surface area contributed by atoms with Crippen LogP contribution in [0.1, 0.15) is 43.9 Å². The number of rotatable bonds is 15. The summed E-state index contributed by atoms with van der Waals surface area (Å²) in [6.45, 7) is 7.50. The molecule has 2 N–H and O–H groups in total. The van der Waals surface area contributed by atoms with Crippen LogP contribution in [0.3, 0.4) is 0 Å². The highest BCUT2D eigenvalue weighted by Gasteiger charge is 2.41. The summed E-state index contributed by atoms with van der Waals surface area (Å²) >= 11 is 0. The Labute approximate surface area is 254 Å². The second-order valence-corrected chi connectivity index (χ2v) is 11.7. The van der Waals surface area contributed by atoms with Gasteiger partial charge in [-0.2, -0.15) is 0 Å². The van der Waals surface area contributed by atoms with E-state index >= 15 is 0 Å². The highest BCUT2D eigenvalue weighted by atomic mass is 16.5. The van der Waals surface area contributed by atoms with Crippen molar-refractivity contribution >= 4 is 17.8 Å². The largest absolute Gasteiger partial charge is 0.489 e. The van der Waals surface area contributed by atoms with Crippen molar-refractivity contribution in [3.63, 3.8) is 0 Å². The molecule has 0 bridgehead atoms. The van der Waals surface area contributed by atoms with Crippen molar-refractivity contribution in [2.24, 2.45) is 17.3 Å². The highest BCUT2D eigenvalue weighted by molar-refractivity contribution is 5.86. The minimum Gasteiger partial charge on any atom is -0.489 e. The fraction of sp³-hybridized carbons (Fsp3) is 0.400.